The molecule has 0 atom stereocenters. The van der Waals surface area contributed by atoms with E-state index in [-0.39, 0.29) is 18.1 Å². The van der Waals surface area contributed by atoms with Crippen LogP contribution in [0.5, 0.6) is 11.5 Å². The lowest BCUT2D eigenvalue weighted by Crippen LogP contribution is -2.28. The normalized spacial score (nSPS) is 14.4. The molecule has 28 heavy (non-hydrogen) atoms. The van der Waals surface area contributed by atoms with E-state index >= 15 is 0 Å². The highest BCUT2D eigenvalue weighted by Crippen LogP contribution is 2.41. The van der Waals surface area contributed by atoms with Crippen LogP contribution >= 0.6 is 22.7 Å². The van der Waals surface area contributed by atoms with Crippen LogP contribution in [0.4, 0.5) is 0 Å². The first-order chi connectivity index (χ1) is 13.4. The van der Waals surface area contributed by atoms with Crippen molar-refractivity contribution in [2.24, 2.45) is 0 Å². The average molecular weight is 415 g/mol. The van der Waals surface area contributed by atoms with E-state index in [1.54, 1.807) is 22.7 Å². The maximum absolute atomic E-state index is 12.3. The first-order valence-electron chi connectivity index (χ1n) is 9.12. The first-order valence-corrected chi connectivity index (χ1v) is 10.8. The molecular formula is C21H22N2O3S2. The molecule has 0 aliphatic carbocycles. The van der Waals surface area contributed by atoms with Crippen LogP contribution < -0.4 is 14.8 Å². The van der Waals surface area contributed by atoms with Crippen molar-refractivity contribution < 1.29 is 14.3 Å². The molecule has 1 N–H and O–H groups in total. The number of ether oxygens (including phenoxy) is 2. The van der Waals surface area contributed by atoms with Gasteiger partial charge in [-0.25, -0.2) is 4.98 Å². The summed E-state index contributed by atoms with van der Waals surface area (Å²) >= 11 is 3.28. The van der Waals surface area contributed by atoms with Gasteiger partial charge in [0.1, 0.15) is 10.6 Å². The largest absolute Gasteiger partial charge is 0.483 e. The number of carbonyl (C=O) groups is 1. The van der Waals surface area contributed by atoms with Crippen molar-refractivity contribution >= 4 is 28.6 Å². The lowest BCUT2D eigenvalue weighted by atomic mass is 10.0. The van der Waals surface area contributed by atoms with Crippen LogP contribution in [-0.4, -0.2) is 23.1 Å². The third-order valence-corrected chi connectivity index (χ3v) is 6.68. The Morgan fingerprint density at radius 1 is 1.32 bits per heavy atom. The molecular weight excluding hydrogens is 392 g/mol. The minimum Gasteiger partial charge on any atom is -0.483 e. The molecule has 2 aromatic heterocycles. The highest BCUT2D eigenvalue weighted by molar-refractivity contribution is 7.21. The number of hydrogen-bond acceptors (Lipinski definition) is 6. The maximum atomic E-state index is 12.3. The molecule has 1 aromatic carbocycles. The summed E-state index contributed by atoms with van der Waals surface area (Å²) < 4.78 is 11.7. The first kappa shape index (κ1) is 19.0. The number of benzene rings is 1. The van der Waals surface area contributed by atoms with Crippen LogP contribution in [0.3, 0.4) is 0 Å². The van der Waals surface area contributed by atoms with Crippen LogP contribution in [-0.2, 0) is 17.8 Å². The SMILES string of the molecule is Cc1nc(-c2cccs2)sc1CNC(=O)COc1cccc2c1OC(C)(C)C2. The van der Waals surface area contributed by atoms with Crippen LogP contribution in [0, 0.1) is 6.92 Å². The molecule has 146 valence electrons. The smallest absolute Gasteiger partial charge is 0.258 e. The third-order valence-electron chi connectivity index (χ3n) is 4.48. The fourth-order valence-electron chi connectivity index (χ4n) is 3.17. The Kier molecular flexibility index (Phi) is 5.12. The zero-order valence-corrected chi connectivity index (χ0v) is 17.7. The number of amides is 1. The van der Waals surface area contributed by atoms with Gasteiger partial charge < -0.3 is 14.8 Å². The fraction of sp³-hybridized carbons (Fsp3) is 0.333. The van der Waals surface area contributed by atoms with Gasteiger partial charge in [0.15, 0.2) is 18.1 Å². The van der Waals surface area contributed by atoms with Crippen LogP contribution in [0.15, 0.2) is 35.7 Å². The number of aromatic nitrogens is 1. The monoisotopic (exact) mass is 414 g/mol. The molecule has 3 heterocycles. The predicted octanol–water partition coefficient (Wildman–Crippen LogP) is 4.59. The van der Waals surface area contributed by atoms with Crippen molar-refractivity contribution in [2.75, 3.05) is 6.61 Å². The molecule has 1 amide bonds. The Bertz CT molecular complexity index is 993. The van der Waals surface area contributed by atoms with E-state index in [2.05, 4.69) is 16.4 Å². The lowest BCUT2D eigenvalue weighted by Gasteiger charge is -2.18. The Morgan fingerprint density at radius 2 is 2.18 bits per heavy atom. The number of rotatable bonds is 6. The highest BCUT2D eigenvalue weighted by Gasteiger charge is 2.32. The second kappa shape index (κ2) is 7.56. The topological polar surface area (TPSA) is 60.5 Å². The summed E-state index contributed by atoms with van der Waals surface area (Å²) in [5.74, 6) is 1.20. The van der Waals surface area contributed by atoms with Gasteiger partial charge >= 0.3 is 0 Å². The molecule has 0 unspecified atom stereocenters. The molecule has 0 bridgehead atoms. The second-order valence-corrected chi connectivity index (χ2v) is 9.38. The molecule has 4 rings (SSSR count). The van der Waals surface area contributed by atoms with Crippen molar-refractivity contribution in [1.82, 2.24) is 10.3 Å². The van der Waals surface area contributed by atoms with Crippen LogP contribution in [0.2, 0.25) is 0 Å². The van der Waals surface area contributed by atoms with E-state index in [9.17, 15) is 4.79 Å². The van der Waals surface area contributed by atoms with Gasteiger partial charge in [-0.3, -0.25) is 4.79 Å². The van der Waals surface area contributed by atoms with E-state index in [0.717, 1.165) is 38.2 Å². The zero-order chi connectivity index (χ0) is 19.7. The van der Waals surface area contributed by atoms with Crippen molar-refractivity contribution in [1.29, 1.82) is 0 Å². The van der Waals surface area contributed by atoms with E-state index in [1.807, 2.05) is 50.4 Å². The number of carbonyl (C=O) groups excluding carboxylic acids is 1. The minimum atomic E-state index is -0.242. The molecule has 3 aromatic rings. The van der Waals surface area contributed by atoms with E-state index in [4.69, 9.17) is 9.47 Å². The Labute approximate surface area is 172 Å². The number of thiophene rings is 1. The molecule has 0 spiro atoms. The molecule has 1 aliphatic rings. The molecule has 1 aliphatic heterocycles. The minimum absolute atomic E-state index is 0.0458. The Morgan fingerprint density at radius 3 is 2.96 bits per heavy atom. The number of thiazole rings is 1. The number of aryl methyl sites for hydroxylation is 1. The van der Waals surface area contributed by atoms with Gasteiger partial charge in [0.05, 0.1) is 17.1 Å². The van der Waals surface area contributed by atoms with Gasteiger partial charge in [-0.15, -0.1) is 22.7 Å². The summed E-state index contributed by atoms with van der Waals surface area (Å²) in [6.07, 6.45) is 0.836. The molecule has 0 saturated heterocycles. The van der Waals surface area contributed by atoms with Gasteiger partial charge in [-0.1, -0.05) is 18.2 Å². The van der Waals surface area contributed by atoms with Crippen molar-refractivity contribution in [2.45, 2.75) is 39.3 Å². The number of nitrogens with zero attached hydrogens (tertiary/aromatic N) is 1. The van der Waals surface area contributed by atoms with Crippen LogP contribution in [0.25, 0.3) is 9.88 Å². The van der Waals surface area contributed by atoms with E-state index in [1.165, 1.54) is 0 Å². The summed E-state index contributed by atoms with van der Waals surface area (Å²) in [4.78, 5) is 19.1. The summed E-state index contributed by atoms with van der Waals surface area (Å²) in [5.41, 5.74) is 1.82. The van der Waals surface area contributed by atoms with E-state index in [0.29, 0.717) is 12.3 Å². The van der Waals surface area contributed by atoms with E-state index < -0.39 is 0 Å². The van der Waals surface area contributed by atoms with Gasteiger partial charge in [0.2, 0.25) is 0 Å². The van der Waals surface area contributed by atoms with Crippen molar-refractivity contribution in [3.05, 3.63) is 51.8 Å². The lowest BCUT2D eigenvalue weighted by molar-refractivity contribution is -0.123. The maximum Gasteiger partial charge on any atom is 0.258 e. The zero-order valence-electron chi connectivity index (χ0n) is 16.1. The van der Waals surface area contributed by atoms with Gasteiger partial charge in [-0.2, -0.15) is 0 Å². The molecule has 7 heteroatoms. The Balaban J connectivity index is 1.34. The van der Waals surface area contributed by atoms with Crippen molar-refractivity contribution in [3.63, 3.8) is 0 Å². The third kappa shape index (κ3) is 4.05. The molecule has 0 fully saturated rings. The summed E-state index contributed by atoms with van der Waals surface area (Å²) in [5, 5.41) is 5.95. The number of hydrogen-bond donors (Lipinski definition) is 1. The Hall–Kier alpha value is -2.38. The molecule has 5 nitrogen and oxygen atoms in total. The fourth-order valence-corrected chi connectivity index (χ4v) is 4.97. The second-order valence-electron chi connectivity index (χ2n) is 7.35. The standard InChI is InChI=1S/C21H22N2O3S2/c1-13-17(28-20(23-13)16-8-5-9-27-16)11-22-18(24)12-25-15-7-4-6-14-10-21(2,3)26-19(14)15/h4-9H,10-12H2,1-3H3,(H,22,24). The summed E-state index contributed by atoms with van der Waals surface area (Å²) in [6.45, 7) is 6.47. The number of para-hydroxylation sites is 1. The van der Waals surface area contributed by atoms with Crippen LogP contribution in [0.1, 0.15) is 30.0 Å². The van der Waals surface area contributed by atoms with Crippen molar-refractivity contribution in [3.8, 4) is 21.4 Å². The quantitative estimate of drug-likeness (QED) is 0.641. The number of nitrogens with one attached hydrogen (secondary N) is 1. The molecule has 0 radical (unpaired) electrons. The van der Waals surface area contributed by atoms with Gasteiger partial charge in [-0.05, 0) is 38.3 Å². The summed E-state index contributed by atoms with van der Waals surface area (Å²) in [7, 11) is 0. The average Bonchev–Trinajstić information content (AvgIpc) is 3.35. The molecule has 0 saturated carbocycles. The highest BCUT2D eigenvalue weighted by atomic mass is 32.1. The number of fused-ring (bicyclic) bond motifs is 1. The predicted molar refractivity (Wildman–Crippen MR) is 112 cm³/mol. The van der Waals surface area contributed by atoms with Gasteiger partial charge in [0.25, 0.3) is 5.91 Å². The van der Waals surface area contributed by atoms with Gasteiger partial charge in [0, 0.05) is 16.9 Å². The summed E-state index contributed by atoms with van der Waals surface area (Å²) in [6, 6.07) is 9.88.